The molecule has 8 nitrogen and oxygen atoms in total. The SMILES string of the molecule is CC(O)C(CC(=O)CCCOc1ccc(C(=O)c2ccc(N=C=O)cc2)cc1)C(=O)O. The first-order valence-corrected chi connectivity index (χ1v) is 9.70. The van der Waals surface area contributed by atoms with Crippen molar-refractivity contribution in [2.75, 3.05) is 6.61 Å². The Hall–Kier alpha value is -3.61. The van der Waals surface area contributed by atoms with Crippen LogP contribution < -0.4 is 4.74 Å². The van der Waals surface area contributed by atoms with Gasteiger partial charge in [0.2, 0.25) is 6.08 Å². The number of aliphatic hydroxyl groups excluding tert-OH is 1. The van der Waals surface area contributed by atoms with Gasteiger partial charge < -0.3 is 14.9 Å². The molecule has 0 amide bonds. The number of isocyanates is 1. The van der Waals surface area contributed by atoms with E-state index < -0.39 is 18.0 Å². The smallest absolute Gasteiger partial charge is 0.309 e. The van der Waals surface area contributed by atoms with E-state index in [0.29, 0.717) is 29.0 Å². The maximum atomic E-state index is 12.5. The lowest BCUT2D eigenvalue weighted by Crippen LogP contribution is -2.28. The molecular weight excluding hydrogens is 402 g/mol. The number of carbonyl (C=O) groups is 3. The Bertz CT molecular complexity index is 958. The minimum absolute atomic E-state index is 0.150. The molecule has 0 heterocycles. The number of rotatable bonds is 12. The molecule has 0 saturated carbocycles. The number of hydrogen-bond acceptors (Lipinski definition) is 7. The van der Waals surface area contributed by atoms with Crippen molar-refractivity contribution in [1.82, 2.24) is 0 Å². The molecule has 0 aliphatic heterocycles. The quantitative estimate of drug-likeness (QED) is 0.231. The van der Waals surface area contributed by atoms with Crippen molar-refractivity contribution in [3.8, 4) is 5.75 Å². The number of hydrogen-bond donors (Lipinski definition) is 2. The fourth-order valence-corrected chi connectivity index (χ4v) is 2.88. The molecule has 8 heteroatoms. The molecule has 0 spiro atoms. The van der Waals surface area contributed by atoms with Crippen LogP contribution in [0.5, 0.6) is 5.75 Å². The number of ether oxygens (including phenoxy) is 1. The molecule has 162 valence electrons. The summed E-state index contributed by atoms with van der Waals surface area (Å²) < 4.78 is 5.56. The van der Waals surface area contributed by atoms with Gasteiger partial charge in [-0.2, -0.15) is 4.99 Å². The van der Waals surface area contributed by atoms with Gasteiger partial charge in [0.1, 0.15) is 11.5 Å². The van der Waals surface area contributed by atoms with Crippen molar-refractivity contribution in [3.63, 3.8) is 0 Å². The van der Waals surface area contributed by atoms with Gasteiger partial charge in [-0.05, 0) is 61.9 Å². The molecule has 2 unspecified atom stereocenters. The highest BCUT2D eigenvalue weighted by Crippen LogP contribution is 2.18. The number of nitrogens with zero attached hydrogens (tertiary/aromatic N) is 1. The molecule has 0 radical (unpaired) electrons. The number of aliphatic carboxylic acids is 1. The zero-order valence-electron chi connectivity index (χ0n) is 17.0. The highest BCUT2D eigenvalue weighted by Gasteiger charge is 2.25. The molecule has 2 aromatic rings. The molecule has 0 aromatic heterocycles. The Morgan fingerprint density at radius 2 is 1.61 bits per heavy atom. The topological polar surface area (TPSA) is 130 Å². The van der Waals surface area contributed by atoms with Crippen LogP contribution >= 0.6 is 0 Å². The van der Waals surface area contributed by atoms with Crippen molar-refractivity contribution in [2.45, 2.75) is 32.3 Å². The van der Waals surface area contributed by atoms with Crippen LogP contribution in [0, 0.1) is 5.92 Å². The highest BCUT2D eigenvalue weighted by atomic mass is 16.5. The van der Waals surface area contributed by atoms with Crippen LogP contribution in [0.4, 0.5) is 5.69 Å². The van der Waals surface area contributed by atoms with Gasteiger partial charge in [-0.15, -0.1) is 0 Å². The Morgan fingerprint density at radius 1 is 1.03 bits per heavy atom. The maximum Gasteiger partial charge on any atom is 0.309 e. The number of aliphatic hydroxyl groups is 1. The first kappa shape index (κ1) is 23.7. The first-order valence-electron chi connectivity index (χ1n) is 9.70. The second kappa shape index (κ2) is 11.5. The van der Waals surface area contributed by atoms with E-state index in [9.17, 15) is 24.3 Å². The van der Waals surface area contributed by atoms with E-state index >= 15 is 0 Å². The van der Waals surface area contributed by atoms with Crippen LogP contribution in [0.1, 0.15) is 42.1 Å². The molecule has 2 atom stereocenters. The van der Waals surface area contributed by atoms with E-state index in [1.54, 1.807) is 48.5 Å². The van der Waals surface area contributed by atoms with Crippen molar-refractivity contribution >= 4 is 29.3 Å². The van der Waals surface area contributed by atoms with Gasteiger partial charge in [0, 0.05) is 24.0 Å². The molecule has 0 aliphatic rings. The second-order valence-corrected chi connectivity index (χ2v) is 6.98. The standard InChI is InChI=1S/C23H23NO7/c1-15(26)21(23(29)30)13-19(27)3-2-12-31-20-10-6-17(7-11-20)22(28)16-4-8-18(9-5-16)24-14-25/h4-11,15,21,26H,2-3,12-13H2,1H3,(H,29,30). The van der Waals surface area contributed by atoms with Gasteiger partial charge in [0.05, 0.1) is 24.3 Å². The monoisotopic (exact) mass is 425 g/mol. The summed E-state index contributed by atoms with van der Waals surface area (Å²) in [6.07, 6.45) is 0.681. The van der Waals surface area contributed by atoms with E-state index in [1.807, 2.05) is 0 Å². The van der Waals surface area contributed by atoms with Crippen LogP contribution in [-0.4, -0.2) is 46.5 Å². The first-order chi connectivity index (χ1) is 14.8. The summed E-state index contributed by atoms with van der Waals surface area (Å²) in [6.45, 7) is 1.60. The predicted octanol–water partition coefficient (Wildman–Crippen LogP) is 3.08. The Balaban J connectivity index is 1.82. The van der Waals surface area contributed by atoms with E-state index in [0.717, 1.165) is 0 Å². The molecule has 0 fully saturated rings. The fraction of sp³-hybridized carbons (Fsp3) is 0.304. The highest BCUT2D eigenvalue weighted by molar-refractivity contribution is 6.09. The minimum atomic E-state index is -1.19. The number of carbonyl (C=O) groups excluding carboxylic acids is 3. The predicted molar refractivity (Wildman–Crippen MR) is 111 cm³/mol. The maximum absolute atomic E-state index is 12.5. The second-order valence-electron chi connectivity index (χ2n) is 6.98. The van der Waals surface area contributed by atoms with Crippen molar-refractivity contribution < 1.29 is 34.1 Å². The molecule has 2 rings (SSSR count). The Morgan fingerprint density at radius 3 is 2.13 bits per heavy atom. The number of carboxylic acid groups (broad SMARTS) is 1. The summed E-state index contributed by atoms with van der Waals surface area (Å²) in [6, 6.07) is 12.8. The average Bonchev–Trinajstić information content (AvgIpc) is 2.75. The van der Waals surface area contributed by atoms with Crippen LogP contribution in [0.2, 0.25) is 0 Å². The normalized spacial score (nSPS) is 12.3. The lowest BCUT2D eigenvalue weighted by molar-refractivity contribution is -0.147. The van der Waals surface area contributed by atoms with Crippen molar-refractivity contribution in [2.24, 2.45) is 10.9 Å². The molecule has 0 aliphatic carbocycles. The van der Waals surface area contributed by atoms with Gasteiger partial charge in [-0.25, -0.2) is 4.79 Å². The number of ketones is 2. The van der Waals surface area contributed by atoms with Gasteiger partial charge in [0.15, 0.2) is 5.78 Å². The number of carboxylic acids is 1. The Kier molecular flexibility index (Phi) is 8.81. The largest absolute Gasteiger partial charge is 0.494 e. The zero-order valence-corrected chi connectivity index (χ0v) is 17.0. The molecule has 0 saturated heterocycles. The van der Waals surface area contributed by atoms with E-state index in [1.165, 1.54) is 13.0 Å². The van der Waals surface area contributed by atoms with Gasteiger partial charge >= 0.3 is 5.97 Å². The molecule has 31 heavy (non-hydrogen) atoms. The fourth-order valence-electron chi connectivity index (χ4n) is 2.88. The molecule has 2 aromatic carbocycles. The van der Waals surface area contributed by atoms with Crippen molar-refractivity contribution in [3.05, 3.63) is 59.7 Å². The van der Waals surface area contributed by atoms with Crippen LogP contribution in [0.3, 0.4) is 0 Å². The summed E-state index contributed by atoms with van der Waals surface area (Å²) in [7, 11) is 0. The molecular formula is C23H23NO7. The lowest BCUT2D eigenvalue weighted by atomic mass is 9.96. The van der Waals surface area contributed by atoms with Gasteiger partial charge in [0.25, 0.3) is 0 Å². The van der Waals surface area contributed by atoms with E-state index in [2.05, 4.69) is 4.99 Å². The van der Waals surface area contributed by atoms with E-state index in [4.69, 9.17) is 9.84 Å². The number of benzene rings is 2. The third-order valence-electron chi connectivity index (χ3n) is 4.64. The van der Waals surface area contributed by atoms with Crippen LogP contribution in [0.15, 0.2) is 53.5 Å². The third-order valence-corrected chi connectivity index (χ3v) is 4.64. The average molecular weight is 425 g/mol. The summed E-state index contributed by atoms with van der Waals surface area (Å²) in [4.78, 5) is 49.1. The lowest BCUT2D eigenvalue weighted by Gasteiger charge is -2.14. The molecule has 2 N–H and O–H groups in total. The van der Waals surface area contributed by atoms with Gasteiger partial charge in [-0.3, -0.25) is 14.4 Å². The Labute approximate surface area is 179 Å². The van der Waals surface area contributed by atoms with E-state index in [-0.39, 0.29) is 31.0 Å². The van der Waals surface area contributed by atoms with Crippen LogP contribution in [-0.2, 0) is 14.4 Å². The number of aliphatic imine (C=N–C) groups is 1. The molecule has 0 bridgehead atoms. The van der Waals surface area contributed by atoms with Gasteiger partial charge in [-0.1, -0.05) is 0 Å². The summed E-state index contributed by atoms with van der Waals surface area (Å²) in [5.74, 6) is -2.20. The van der Waals surface area contributed by atoms with Crippen LogP contribution in [0.25, 0.3) is 0 Å². The summed E-state index contributed by atoms with van der Waals surface area (Å²) >= 11 is 0. The summed E-state index contributed by atoms with van der Waals surface area (Å²) in [5.41, 5.74) is 1.33. The van der Waals surface area contributed by atoms with Crippen molar-refractivity contribution in [1.29, 1.82) is 0 Å². The summed E-state index contributed by atoms with van der Waals surface area (Å²) in [5, 5.41) is 18.4. The number of Topliss-reactive ketones (excluding diaryl/α,β-unsaturated/α-hetero) is 1. The minimum Gasteiger partial charge on any atom is -0.494 e. The third kappa shape index (κ3) is 7.29. The zero-order chi connectivity index (χ0) is 22.8.